The third-order valence-electron chi connectivity index (χ3n) is 1.93. The number of hydrogen-bond acceptors (Lipinski definition) is 3. The van der Waals surface area contributed by atoms with Crippen LogP contribution in [0.2, 0.25) is 0 Å². The van der Waals surface area contributed by atoms with Crippen molar-refractivity contribution in [3.63, 3.8) is 0 Å². The van der Waals surface area contributed by atoms with Crippen molar-refractivity contribution in [3.8, 4) is 5.75 Å². The van der Waals surface area contributed by atoms with E-state index in [0.29, 0.717) is 5.75 Å². The van der Waals surface area contributed by atoms with E-state index >= 15 is 0 Å². The smallest absolute Gasteiger partial charge is 0.237 e. The minimum absolute atomic E-state index is 0.0899. The average molecular weight is 273 g/mol. The molecule has 1 atom stereocenters. The summed E-state index contributed by atoms with van der Waals surface area (Å²) in [6.45, 7) is 2.00. The number of carbonyl (C=O) groups excluding carboxylic acids is 1. The Balaban J connectivity index is 2.65. The van der Waals surface area contributed by atoms with Crippen molar-refractivity contribution in [3.05, 3.63) is 28.2 Å². The molecule has 0 spiro atoms. The lowest BCUT2D eigenvalue weighted by Crippen LogP contribution is -2.41. The van der Waals surface area contributed by atoms with Gasteiger partial charge in [0.05, 0.1) is 0 Å². The molecule has 0 heterocycles. The molecule has 1 rings (SSSR count). The number of rotatable bonds is 4. The molecule has 0 radical (unpaired) electrons. The molecule has 0 bridgehead atoms. The summed E-state index contributed by atoms with van der Waals surface area (Å²) in [5.41, 5.74) is 11.4. The number of amides is 1. The second kappa shape index (κ2) is 5.14. The number of primary amides is 1. The molecule has 4 nitrogen and oxygen atoms in total. The first-order valence-corrected chi connectivity index (χ1v) is 5.24. The predicted molar refractivity (Wildman–Crippen MR) is 61.5 cm³/mol. The average Bonchev–Trinajstić information content (AvgIpc) is 2.18. The number of nitrogens with two attached hydrogens (primary N) is 2. The Morgan fingerprint density at radius 1 is 1.60 bits per heavy atom. The highest BCUT2D eigenvalue weighted by atomic mass is 79.9. The Morgan fingerprint density at radius 3 is 2.87 bits per heavy atom. The third kappa shape index (κ3) is 3.53. The van der Waals surface area contributed by atoms with Gasteiger partial charge in [-0.2, -0.15) is 0 Å². The van der Waals surface area contributed by atoms with Gasteiger partial charge in [0.25, 0.3) is 0 Å². The Kier molecular flexibility index (Phi) is 4.11. The third-order valence-corrected chi connectivity index (χ3v) is 2.43. The number of halogens is 1. The summed E-state index contributed by atoms with van der Waals surface area (Å²) in [4.78, 5) is 10.7. The Bertz CT molecular complexity index is 368. The Labute approximate surface area is 96.7 Å². The minimum Gasteiger partial charge on any atom is -0.491 e. The van der Waals surface area contributed by atoms with Crippen molar-refractivity contribution in [2.45, 2.75) is 13.0 Å². The van der Waals surface area contributed by atoms with Crippen molar-refractivity contribution >= 4 is 21.8 Å². The molecule has 15 heavy (non-hydrogen) atoms. The number of aryl methyl sites for hydroxylation is 1. The highest BCUT2D eigenvalue weighted by molar-refractivity contribution is 9.10. The van der Waals surface area contributed by atoms with Gasteiger partial charge in [0.15, 0.2) is 0 Å². The molecule has 1 unspecified atom stereocenters. The normalized spacial score (nSPS) is 12.2. The summed E-state index contributed by atoms with van der Waals surface area (Å²) in [5, 5.41) is 0. The highest BCUT2D eigenvalue weighted by Gasteiger charge is 2.10. The van der Waals surface area contributed by atoms with Gasteiger partial charge in [-0.1, -0.05) is 22.0 Å². The van der Waals surface area contributed by atoms with Gasteiger partial charge in [0.2, 0.25) is 5.91 Å². The van der Waals surface area contributed by atoms with Crippen LogP contribution in [0.1, 0.15) is 5.56 Å². The molecule has 5 heteroatoms. The van der Waals surface area contributed by atoms with E-state index < -0.39 is 11.9 Å². The predicted octanol–water partition coefficient (Wildman–Crippen LogP) is 0.949. The van der Waals surface area contributed by atoms with Crippen LogP contribution >= 0.6 is 15.9 Å². The van der Waals surface area contributed by atoms with Crippen LogP contribution in [-0.4, -0.2) is 18.6 Å². The van der Waals surface area contributed by atoms with Gasteiger partial charge in [-0.25, -0.2) is 0 Å². The van der Waals surface area contributed by atoms with Gasteiger partial charge in [0, 0.05) is 4.47 Å². The molecule has 0 saturated carbocycles. The van der Waals surface area contributed by atoms with E-state index in [1.165, 1.54) is 0 Å². The molecule has 0 saturated heterocycles. The van der Waals surface area contributed by atoms with Crippen LogP contribution in [-0.2, 0) is 4.79 Å². The monoisotopic (exact) mass is 272 g/mol. The summed E-state index contributed by atoms with van der Waals surface area (Å²) in [5.74, 6) is 0.128. The Hall–Kier alpha value is -1.07. The maximum atomic E-state index is 10.7. The summed E-state index contributed by atoms with van der Waals surface area (Å²) >= 11 is 3.33. The van der Waals surface area contributed by atoms with Crippen LogP contribution in [0, 0.1) is 6.92 Å². The largest absolute Gasteiger partial charge is 0.491 e. The first-order chi connectivity index (χ1) is 7.00. The zero-order valence-corrected chi connectivity index (χ0v) is 9.95. The standard InChI is InChI=1S/C10H13BrN2O2/c1-6-2-3-7(11)4-9(6)15-5-8(12)10(13)14/h2-4,8H,5,12H2,1H3,(H2,13,14). The van der Waals surface area contributed by atoms with Crippen LogP contribution < -0.4 is 16.2 Å². The van der Waals surface area contributed by atoms with Crippen molar-refractivity contribution in [2.75, 3.05) is 6.61 Å². The van der Waals surface area contributed by atoms with E-state index in [9.17, 15) is 4.79 Å². The molecule has 82 valence electrons. The van der Waals surface area contributed by atoms with Crippen molar-refractivity contribution in [2.24, 2.45) is 11.5 Å². The molecule has 0 aliphatic carbocycles. The van der Waals surface area contributed by atoms with E-state index in [2.05, 4.69) is 15.9 Å². The summed E-state index contributed by atoms with van der Waals surface area (Å²) in [6.07, 6.45) is 0. The zero-order valence-electron chi connectivity index (χ0n) is 8.37. The van der Waals surface area contributed by atoms with Crippen molar-refractivity contribution in [1.82, 2.24) is 0 Å². The maximum Gasteiger partial charge on any atom is 0.237 e. The van der Waals surface area contributed by atoms with Gasteiger partial charge >= 0.3 is 0 Å². The van der Waals surface area contributed by atoms with Crippen LogP contribution in [0.15, 0.2) is 22.7 Å². The van der Waals surface area contributed by atoms with Gasteiger partial charge in [0.1, 0.15) is 18.4 Å². The lowest BCUT2D eigenvalue weighted by molar-refractivity contribution is -0.119. The van der Waals surface area contributed by atoms with Crippen molar-refractivity contribution < 1.29 is 9.53 Å². The van der Waals surface area contributed by atoms with Gasteiger partial charge in [-0.3, -0.25) is 4.79 Å². The van der Waals surface area contributed by atoms with E-state index in [1.54, 1.807) is 0 Å². The molecule has 1 amide bonds. The fraction of sp³-hybridized carbons (Fsp3) is 0.300. The molecule has 0 fully saturated rings. The summed E-state index contributed by atoms with van der Waals surface area (Å²) in [7, 11) is 0. The Morgan fingerprint density at radius 2 is 2.27 bits per heavy atom. The molecule has 0 aliphatic heterocycles. The molecule has 0 aromatic heterocycles. The quantitative estimate of drug-likeness (QED) is 0.857. The lowest BCUT2D eigenvalue weighted by atomic mass is 10.2. The first-order valence-electron chi connectivity index (χ1n) is 4.44. The van der Waals surface area contributed by atoms with Gasteiger partial charge in [-0.15, -0.1) is 0 Å². The molecular formula is C10H13BrN2O2. The lowest BCUT2D eigenvalue weighted by Gasteiger charge is -2.12. The van der Waals surface area contributed by atoms with E-state index in [-0.39, 0.29) is 6.61 Å². The number of hydrogen-bond donors (Lipinski definition) is 2. The van der Waals surface area contributed by atoms with E-state index in [4.69, 9.17) is 16.2 Å². The number of carbonyl (C=O) groups is 1. The molecule has 4 N–H and O–H groups in total. The van der Waals surface area contributed by atoms with Crippen LogP contribution in [0.4, 0.5) is 0 Å². The maximum absolute atomic E-state index is 10.7. The van der Waals surface area contributed by atoms with E-state index in [0.717, 1.165) is 10.0 Å². The SMILES string of the molecule is Cc1ccc(Br)cc1OCC(N)C(N)=O. The fourth-order valence-corrected chi connectivity index (χ4v) is 1.33. The number of ether oxygens (including phenoxy) is 1. The summed E-state index contributed by atoms with van der Waals surface area (Å²) in [6, 6.07) is 4.87. The number of benzene rings is 1. The van der Waals surface area contributed by atoms with Gasteiger partial charge in [-0.05, 0) is 24.6 Å². The fourth-order valence-electron chi connectivity index (χ4n) is 0.991. The van der Waals surface area contributed by atoms with Crippen LogP contribution in [0.25, 0.3) is 0 Å². The van der Waals surface area contributed by atoms with Crippen LogP contribution in [0.3, 0.4) is 0 Å². The molecule has 1 aromatic carbocycles. The van der Waals surface area contributed by atoms with Crippen molar-refractivity contribution in [1.29, 1.82) is 0 Å². The minimum atomic E-state index is -0.775. The topological polar surface area (TPSA) is 78.3 Å². The van der Waals surface area contributed by atoms with E-state index in [1.807, 2.05) is 25.1 Å². The molecule has 0 aliphatic rings. The first kappa shape index (κ1) is 12.0. The highest BCUT2D eigenvalue weighted by Crippen LogP contribution is 2.22. The molecule has 1 aromatic rings. The van der Waals surface area contributed by atoms with Crippen LogP contribution in [0.5, 0.6) is 5.75 Å². The summed E-state index contributed by atoms with van der Waals surface area (Å²) < 4.78 is 6.30. The zero-order chi connectivity index (χ0) is 11.4. The molecular weight excluding hydrogens is 260 g/mol. The second-order valence-corrected chi connectivity index (χ2v) is 4.15. The van der Waals surface area contributed by atoms with Gasteiger partial charge < -0.3 is 16.2 Å². The second-order valence-electron chi connectivity index (χ2n) is 3.23.